The predicted octanol–water partition coefficient (Wildman–Crippen LogP) is 16.8. The Morgan fingerprint density at radius 3 is 1.59 bits per heavy atom. The summed E-state index contributed by atoms with van der Waals surface area (Å²) in [5.41, 5.74) is 15.9. The predicted molar refractivity (Wildman–Crippen MR) is 281 cm³/mol. The van der Waals surface area contributed by atoms with Crippen molar-refractivity contribution in [2.24, 2.45) is 0 Å². The average molecular weight is 883 g/mol. The van der Waals surface area contributed by atoms with Crippen LogP contribution in [-0.4, -0.2) is 19.5 Å². The first-order valence-electron chi connectivity index (χ1n) is 23.2. The second-order valence-corrected chi connectivity index (χ2v) is 17.5. The molecule has 0 saturated carbocycles. The maximum Gasteiger partial charge on any atom is 0.164 e. The van der Waals surface area contributed by atoms with Gasteiger partial charge >= 0.3 is 0 Å². The molecule has 6 heteroatoms. The number of para-hydroxylation sites is 2. The van der Waals surface area contributed by atoms with E-state index in [0.717, 1.165) is 99.5 Å². The zero-order chi connectivity index (χ0) is 45.4. The van der Waals surface area contributed by atoms with Gasteiger partial charge in [0.2, 0.25) is 0 Å². The summed E-state index contributed by atoms with van der Waals surface area (Å²) in [7, 11) is 0. The highest BCUT2D eigenvalue weighted by Crippen LogP contribution is 2.44. The van der Waals surface area contributed by atoms with E-state index in [-0.39, 0.29) is 0 Å². The quantitative estimate of drug-likeness (QED) is 0.159. The van der Waals surface area contributed by atoms with Gasteiger partial charge in [-0.05, 0) is 88.5 Å². The Balaban J connectivity index is 0.870. The van der Waals surface area contributed by atoms with Crippen molar-refractivity contribution in [3.05, 3.63) is 231 Å². The van der Waals surface area contributed by atoms with Crippen molar-refractivity contribution in [1.82, 2.24) is 19.5 Å². The highest BCUT2D eigenvalue weighted by atomic mass is 16.3. The first kappa shape index (κ1) is 38.8. The van der Waals surface area contributed by atoms with E-state index in [2.05, 4.69) is 162 Å². The first-order chi connectivity index (χ1) is 34.2. The Hall–Kier alpha value is -9.39. The molecule has 322 valence electrons. The van der Waals surface area contributed by atoms with Crippen LogP contribution >= 0.6 is 0 Å². The van der Waals surface area contributed by atoms with E-state index in [4.69, 9.17) is 23.8 Å². The Morgan fingerprint density at radius 1 is 0.290 bits per heavy atom. The summed E-state index contributed by atoms with van der Waals surface area (Å²) in [6.45, 7) is 0. The van der Waals surface area contributed by atoms with Gasteiger partial charge in [0.25, 0.3) is 0 Å². The molecule has 0 amide bonds. The topological polar surface area (TPSA) is 69.9 Å². The van der Waals surface area contributed by atoms with Crippen molar-refractivity contribution in [2.75, 3.05) is 0 Å². The van der Waals surface area contributed by atoms with Gasteiger partial charge in [-0.3, -0.25) is 0 Å². The lowest BCUT2D eigenvalue weighted by Gasteiger charge is -2.11. The number of rotatable bonds is 7. The van der Waals surface area contributed by atoms with E-state index in [1.54, 1.807) is 0 Å². The van der Waals surface area contributed by atoms with Crippen LogP contribution in [0, 0.1) is 0 Å². The van der Waals surface area contributed by atoms with E-state index in [9.17, 15) is 0 Å². The number of fused-ring (bicyclic) bond motifs is 9. The van der Waals surface area contributed by atoms with Crippen LogP contribution in [0.2, 0.25) is 0 Å². The summed E-state index contributed by atoms with van der Waals surface area (Å²) in [4.78, 5) is 15.0. The van der Waals surface area contributed by atoms with Crippen LogP contribution in [0.4, 0.5) is 0 Å². The zero-order valence-electron chi connectivity index (χ0n) is 37.0. The van der Waals surface area contributed by atoms with Crippen LogP contribution in [0.3, 0.4) is 0 Å². The number of hydrogen-bond donors (Lipinski definition) is 0. The molecule has 4 aromatic heterocycles. The molecule has 6 nitrogen and oxygen atoms in total. The number of benzene rings is 10. The Labute approximate surface area is 396 Å². The number of nitrogens with zero attached hydrogens (tertiary/aromatic N) is 4. The summed E-state index contributed by atoms with van der Waals surface area (Å²) in [5, 5.41) is 6.66. The number of furan rings is 2. The van der Waals surface area contributed by atoms with Gasteiger partial charge < -0.3 is 13.4 Å². The summed E-state index contributed by atoms with van der Waals surface area (Å²) in [5.74, 6) is 1.86. The fourth-order valence-electron chi connectivity index (χ4n) is 10.2. The van der Waals surface area contributed by atoms with Crippen molar-refractivity contribution in [2.45, 2.75) is 0 Å². The van der Waals surface area contributed by atoms with Gasteiger partial charge in [-0.2, -0.15) is 0 Å². The van der Waals surface area contributed by atoms with E-state index in [1.165, 1.54) is 21.9 Å². The third kappa shape index (κ3) is 6.45. The molecule has 10 aromatic carbocycles. The van der Waals surface area contributed by atoms with Crippen LogP contribution in [0.1, 0.15) is 0 Å². The first-order valence-corrected chi connectivity index (χ1v) is 23.2. The minimum atomic E-state index is 0.605. The molecular weight excluding hydrogens is 845 g/mol. The fraction of sp³-hybridized carbons (Fsp3) is 0. The van der Waals surface area contributed by atoms with Crippen molar-refractivity contribution in [3.8, 4) is 73.2 Å². The second kappa shape index (κ2) is 15.6. The largest absolute Gasteiger partial charge is 0.456 e. The van der Waals surface area contributed by atoms with Crippen LogP contribution in [0.15, 0.2) is 239 Å². The molecule has 14 rings (SSSR count). The summed E-state index contributed by atoms with van der Waals surface area (Å²) in [6, 6.07) is 80.3. The highest BCUT2D eigenvalue weighted by molar-refractivity contribution is 6.17. The third-order valence-corrected chi connectivity index (χ3v) is 13.5. The van der Waals surface area contributed by atoms with Crippen molar-refractivity contribution < 1.29 is 8.83 Å². The Bertz CT molecular complexity index is 4250. The highest BCUT2D eigenvalue weighted by Gasteiger charge is 2.21. The van der Waals surface area contributed by atoms with E-state index in [0.29, 0.717) is 17.5 Å². The van der Waals surface area contributed by atoms with Gasteiger partial charge in [0.15, 0.2) is 17.5 Å². The second-order valence-electron chi connectivity index (χ2n) is 17.5. The fourth-order valence-corrected chi connectivity index (χ4v) is 10.2. The van der Waals surface area contributed by atoms with Gasteiger partial charge in [-0.25, -0.2) is 15.0 Å². The molecule has 0 bridgehead atoms. The van der Waals surface area contributed by atoms with Crippen LogP contribution in [-0.2, 0) is 0 Å². The molecule has 0 radical (unpaired) electrons. The Morgan fingerprint density at radius 2 is 0.841 bits per heavy atom. The lowest BCUT2D eigenvalue weighted by Crippen LogP contribution is -2.00. The maximum absolute atomic E-state index is 6.81. The van der Waals surface area contributed by atoms with Crippen molar-refractivity contribution >= 4 is 65.7 Å². The minimum absolute atomic E-state index is 0.605. The number of aromatic nitrogens is 4. The van der Waals surface area contributed by atoms with Crippen LogP contribution in [0.25, 0.3) is 139 Å². The van der Waals surface area contributed by atoms with E-state index >= 15 is 0 Å². The SMILES string of the molecule is c1ccc(-c2ccc3c(c2)c2ccccc2n3-c2ccc3c(c2)oc2cc(-c4ccc(-c5cccc(-c6nc(-c7ccccc7)nc(-c7ccccc7)n6)c5)c5c4oc4ccccc45)ccc23)cc1. The van der Waals surface area contributed by atoms with Crippen LogP contribution in [0.5, 0.6) is 0 Å². The molecule has 4 heterocycles. The van der Waals surface area contributed by atoms with Gasteiger partial charge in [-0.1, -0.05) is 164 Å². The molecule has 0 fully saturated rings. The maximum atomic E-state index is 6.81. The van der Waals surface area contributed by atoms with Crippen LogP contribution < -0.4 is 0 Å². The smallest absolute Gasteiger partial charge is 0.164 e. The molecule has 0 aliphatic rings. The summed E-state index contributed by atoms with van der Waals surface area (Å²) < 4.78 is 15.9. The normalized spacial score (nSPS) is 11.8. The molecule has 0 saturated heterocycles. The number of hydrogen-bond acceptors (Lipinski definition) is 5. The molecule has 69 heavy (non-hydrogen) atoms. The van der Waals surface area contributed by atoms with E-state index in [1.807, 2.05) is 72.8 Å². The molecular formula is C63H38N4O2. The average Bonchev–Trinajstić information content (AvgIpc) is 4.10. The molecule has 0 unspecified atom stereocenters. The molecule has 0 aliphatic heterocycles. The van der Waals surface area contributed by atoms with Crippen molar-refractivity contribution in [3.63, 3.8) is 0 Å². The summed E-state index contributed by atoms with van der Waals surface area (Å²) >= 11 is 0. The molecule has 14 aromatic rings. The van der Waals surface area contributed by atoms with Gasteiger partial charge in [0.05, 0.1) is 11.0 Å². The minimum Gasteiger partial charge on any atom is -0.456 e. The van der Waals surface area contributed by atoms with Gasteiger partial charge in [-0.15, -0.1) is 0 Å². The third-order valence-electron chi connectivity index (χ3n) is 13.5. The van der Waals surface area contributed by atoms with Gasteiger partial charge in [0.1, 0.15) is 22.3 Å². The molecule has 0 aliphatic carbocycles. The standard InChI is InChI=1S/C63H38N4O2/c1-4-15-39(16-5-1)42-28-34-55-53(36-42)49-23-10-12-25-54(49)67(55)46-29-31-51-50-30-27-44(37-57(50)68-58(51)38-46)48-33-32-47(59-52-24-11-13-26-56(52)69-60(48)59)43-21-14-22-45(35-43)63-65-61(40-17-6-2-7-18-40)64-62(66-63)41-19-8-3-9-20-41/h1-38H. The Kier molecular flexibility index (Phi) is 8.79. The van der Waals surface area contributed by atoms with Crippen molar-refractivity contribution in [1.29, 1.82) is 0 Å². The zero-order valence-corrected chi connectivity index (χ0v) is 37.0. The summed E-state index contributed by atoms with van der Waals surface area (Å²) in [6.07, 6.45) is 0. The van der Waals surface area contributed by atoms with E-state index < -0.39 is 0 Å². The molecule has 0 spiro atoms. The molecule has 0 atom stereocenters. The lowest BCUT2D eigenvalue weighted by atomic mass is 9.93. The molecule has 0 N–H and O–H groups in total. The van der Waals surface area contributed by atoms with Gasteiger partial charge in [0, 0.05) is 66.3 Å². The monoisotopic (exact) mass is 882 g/mol. The lowest BCUT2D eigenvalue weighted by molar-refractivity contribution is 0.668.